The minimum Gasteiger partial charge on any atom is -0.497 e. The monoisotopic (exact) mass is 261 g/mol. The molecule has 2 rings (SSSR count). The van der Waals surface area contributed by atoms with Crippen LogP contribution in [0.3, 0.4) is 0 Å². The lowest BCUT2D eigenvalue weighted by atomic mass is 9.90. The van der Waals surface area contributed by atoms with E-state index in [-0.39, 0.29) is 5.54 Å². The molecule has 0 aliphatic carbocycles. The summed E-state index contributed by atoms with van der Waals surface area (Å²) in [6, 6.07) is 8.16. The van der Waals surface area contributed by atoms with Crippen molar-refractivity contribution >= 4 is 5.96 Å². The summed E-state index contributed by atoms with van der Waals surface area (Å²) >= 11 is 0. The van der Waals surface area contributed by atoms with Crippen LogP contribution in [0.5, 0.6) is 5.75 Å². The zero-order chi connectivity index (χ0) is 14.0. The van der Waals surface area contributed by atoms with Crippen LogP contribution < -0.4 is 10.5 Å². The fourth-order valence-corrected chi connectivity index (χ4v) is 2.52. The molecule has 0 saturated heterocycles. The van der Waals surface area contributed by atoms with Crippen LogP contribution in [0.25, 0.3) is 0 Å². The normalized spacial score (nSPS) is 22.8. The number of nitrogens with two attached hydrogens (primary N) is 1. The molecular formula is C15H23N3O. The van der Waals surface area contributed by atoms with Crippen molar-refractivity contribution < 1.29 is 4.74 Å². The van der Waals surface area contributed by atoms with Crippen molar-refractivity contribution in [3.05, 3.63) is 29.8 Å². The topological polar surface area (TPSA) is 50.9 Å². The second-order valence-electron chi connectivity index (χ2n) is 5.68. The number of rotatable bonds is 4. The second-order valence-corrected chi connectivity index (χ2v) is 5.68. The summed E-state index contributed by atoms with van der Waals surface area (Å²) in [5, 5.41) is 0. The Balaban J connectivity index is 2.35. The zero-order valence-corrected chi connectivity index (χ0v) is 12.2. The molecule has 4 heteroatoms. The van der Waals surface area contributed by atoms with Gasteiger partial charge in [0.1, 0.15) is 5.75 Å². The van der Waals surface area contributed by atoms with Gasteiger partial charge in [-0.25, -0.2) is 0 Å². The lowest BCUT2D eigenvalue weighted by Crippen LogP contribution is -2.49. The third-order valence-corrected chi connectivity index (χ3v) is 3.66. The van der Waals surface area contributed by atoms with Crippen molar-refractivity contribution in [1.82, 2.24) is 4.90 Å². The molecule has 2 N–H and O–H groups in total. The Morgan fingerprint density at radius 3 is 2.84 bits per heavy atom. The van der Waals surface area contributed by atoms with E-state index >= 15 is 0 Å². The van der Waals surface area contributed by atoms with Gasteiger partial charge in [-0.05, 0) is 30.5 Å². The summed E-state index contributed by atoms with van der Waals surface area (Å²) in [7, 11) is 1.69. The van der Waals surface area contributed by atoms with E-state index in [2.05, 4.69) is 42.8 Å². The largest absolute Gasteiger partial charge is 0.497 e. The van der Waals surface area contributed by atoms with Crippen LogP contribution in [0.15, 0.2) is 29.3 Å². The average molecular weight is 261 g/mol. The maximum Gasteiger partial charge on any atom is 0.192 e. The highest BCUT2D eigenvalue weighted by Crippen LogP contribution is 2.34. The van der Waals surface area contributed by atoms with Gasteiger partial charge in [-0.1, -0.05) is 26.0 Å². The summed E-state index contributed by atoms with van der Waals surface area (Å²) in [6.07, 6.45) is 0. The lowest BCUT2D eigenvalue weighted by Gasteiger charge is -2.38. The smallest absolute Gasteiger partial charge is 0.192 e. The van der Waals surface area contributed by atoms with Crippen molar-refractivity contribution in [2.75, 3.05) is 20.2 Å². The first-order valence-electron chi connectivity index (χ1n) is 6.69. The quantitative estimate of drug-likeness (QED) is 0.904. The van der Waals surface area contributed by atoms with E-state index in [4.69, 9.17) is 10.5 Å². The maximum atomic E-state index is 6.06. The Morgan fingerprint density at radius 1 is 1.47 bits per heavy atom. The third kappa shape index (κ3) is 2.53. The number of ether oxygens (including phenoxy) is 1. The van der Waals surface area contributed by atoms with E-state index in [1.807, 2.05) is 12.1 Å². The van der Waals surface area contributed by atoms with E-state index in [1.165, 1.54) is 5.56 Å². The molecule has 1 heterocycles. The molecule has 104 valence electrons. The number of hydrogen-bond acceptors (Lipinski definition) is 4. The van der Waals surface area contributed by atoms with E-state index in [1.54, 1.807) is 7.11 Å². The van der Waals surface area contributed by atoms with Gasteiger partial charge in [0.25, 0.3) is 0 Å². The Bertz CT molecular complexity index is 484. The van der Waals surface area contributed by atoms with Crippen molar-refractivity contribution in [3.63, 3.8) is 0 Å². The molecule has 0 radical (unpaired) electrons. The predicted molar refractivity (Wildman–Crippen MR) is 78.4 cm³/mol. The van der Waals surface area contributed by atoms with E-state index < -0.39 is 0 Å². The van der Waals surface area contributed by atoms with Crippen LogP contribution in [-0.4, -0.2) is 31.1 Å². The molecule has 1 aromatic rings. The fourth-order valence-electron chi connectivity index (χ4n) is 2.52. The number of guanidine groups is 1. The van der Waals surface area contributed by atoms with Gasteiger partial charge in [0.2, 0.25) is 0 Å². The van der Waals surface area contributed by atoms with Gasteiger partial charge in [0.05, 0.1) is 19.2 Å². The molecule has 0 bridgehead atoms. The van der Waals surface area contributed by atoms with Crippen LogP contribution in [0.1, 0.15) is 26.3 Å². The molecule has 1 atom stereocenters. The van der Waals surface area contributed by atoms with Gasteiger partial charge in [-0.15, -0.1) is 0 Å². The molecular weight excluding hydrogens is 238 g/mol. The standard InChI is InChI=1S/C15H23N3O/c1-11(2)9-18-14(16)17-10-15(18,3)12-6-5-7-13(8-12)19-4/h5-8,11H,9-10H2,1-4H3,(H2,16,17). The summed E-state index contributed by atoms with van der Waals surface area (Å²) in [4.78, 5) is 6.64. The molecule has 1 aliphatic heterocycles. The molecule has 1 aliphatic rings. The molecule has 0 saturated carbocycles. The summed E-state index contributed by atoms with van der Waals surface area (Å²) in [5.41, 5.74) is 7.07. The van der Waals surface area contributed by atoms with Crippen LogP contribution in [-0.2, 0) is 5.54 Å². The molecule has 0 amide bonds. The van der Waals surface area contributed by atoms with Crippen molar-refractivity contribution in [2.24, 2.45) is 16.6 Å². The second kappa shape index (κ2) is 5.11. The number of hydrogen-bond donors (Lipinski definition) is 1. The molecule has 1 unspecified atom stereocenters. The van der Waals surface area contributed by atoms with Crippen molar-refractivity contribution in [2.45, 2.75) is 26.3 Å². The number of aliphatic imine (C=N–C) groups is 1. The van der Waals surface area contributed by atoms with Crippen molar-refractivity contribution in [3.8, 4) is 5.75 Å². The zero-order valence-electron chi connectivity index (χ0n) is 12.2. The first-order chi connectivity index (χ1) is 8.97. The van der Waals surface area contributed by atoms with Gasteiger partial charge in [-0.2, -0.15) is 0 Å². The first kappa shape index (κ1) is 13.7. The van der Waals surface area contributed by atoms with Crippen LogP contribution in [0.2, 0.25) is 0 Å². The first-order valence-corrected chi connectivity index (χ1v) is 6.69. The van der Waals surface area contributed by atoms with Crippen LogP contribution in [0.4, 0.5) is 0 Å². The molecule has 0 aromatic heterocycles. The van der Waals surface area contributed by atoms with Gasteiger partial charge < -0.3 is 15.4 Å². The minimum absolute atomic E-state index is 0.178. The molecule has 0 spiro atoms. The van der Waals surface area contributed by atoms with E-state index in [0.717, 1.165) is 12.3 Å². The summed E-state index contributed by atoms with van der Waals surface area (Å²) < 4.78 is 5.32. The predicted octanol–water partition coefficient (Wildman–Crippen LogP) is 2.20. The van der Waals surface area contributed by atoms with Gasteiger partial charge in [0, 0.05) is 6.54 Å². The Kier molecular flexibility index (Phi) is 3.69. The van der Waals surface area contributed by atoms with Crippen LogP contribution in [0, 0.1) is 5.92 Å². The Morgan fingerprint density at radius 2 is 2.21 bits per heavy atom. The number of nitrogens with zero attached hydrogens (tertiary/aromatic N) is 2. The van der Waals surface area contributed by atoms with Gasteiger partial charge in [0.15, 0.2) is 5.96 Å². The Labute approximate surface area is 115 Å². The van der Waals surface area contributed by atoms with E-state index in [9.17, 15) is 0 Å². The molecule has 19 heavy (non-hydrogen) atoms. The average Bonchev–Trinajstić information content (AvgIpc) is 2.68. The highest BCUT2D eigenvalue weighted by Gasteiger charge is 2.39. The van der Waals surface area contributed by atoms with E-state index in [0.29, 0.717) is 18.4 Å². The minimum atomic E-state index is -0.178. The highest BCUT2D eigenvalue weighted by atomic mass is 16.5. The van der Waals surface area contributed by atoms with Crippen molar-refractivity contribution in [1.29, 1.82) is 0 Å². The summed E-state index contributed by atoms with van der Waals surface area (Å²) in [6.45, 7) is 8.17. The van der Waals surface area contributed by atoms with Gasteiger partial charge in [-0.3, -0.25) is 4.99 Å². The SMILES string of the molecule is COc1cccc(C2(C)CN=C(N)N2CC(C)C)c1. The summed E-state index contributed by atoms with van der Waals surface area (Å²) in [5.74, 6) is 2.05. The molecule has 1 aromatic carbocycles. The lowest BCUT2D eigenvalue weighted by molar-refractivity contribution is 0.204. The number of benzene rings is 1. The molecule has 4 nitrogen and oxygen atoms in total. The maximum absolute atomic E-state index is 6.06. The third-order valence-electron chi connectivity index (χ3n) is 3.66. The molecule has 0 fully saturated rings. The highest BCUT2D eigenvalue weighted by molar-refractivity contribution is 5.81. The number of methoxy groups -OCH3 is 1. The van der Waals surface area contributed by atoms with Crippen LogP contribution >= 0.6 is 0 Å². The fraction of sp³-hybridized carbons (Fsp3) is 0.533. The Hall–Kier alpha value is -1.71. The van der Waals surface area contributed by atoms with Gasteiger partial charge >= 0.3 is 0 Å².